The number of hydrogen-bond donors (Lipinski definition) is 1. The topological polar surface area (TPSA) is 90.3 Å². The summed E-state index contributed by atoms with van der Waals surface area (Å²) >= 11 is 1.13. The lowest BCUT2D eigenvalue weighted by atomic mass is 10.2. The molecular formula is C21H21N3O4S. The van der Waals surface area contributed by atoms with Crippen molar-refractivity contribution in [3.8, 4) is 5.75 Å². The Morgan fingerprint density at radius 1 is 1.14 bits per heavy atom. The summed E-state index contributed by atoms with van der Waals surface area (Å²) in [6.45, 7) is 2.47. The first-order valence-corrected chi connectivity index (χ1v) is 10.1. The molecule has 150 valence electrons. The van der Waals surface area contributed by atoms with E-state index in [1.165, 1.54) is 7.11 Å². The molecular weight excluding hydrogens is 390 g/mol. The van der Waals surface area contributed by atoms with Gasteiger partial charge in [0.25, 0.3) is 11.5 Å². The van der Waals surface area contributed by atoms with E-state index >= 15 is 0 Å². The zero-order chi connectivity index (χ0) is 20.8. The van der Waals surface area contributed by atoms with Crippen LogP contribution in [-0.4, -0.2) is 34.2 Å². The van der Waals surface area contributed by atoms with Crippen molar-refractivity contribution in [1.29, 1.82) is 0 Å². The Morgan fingerprint density at radius 3 is 2.62 bits per heavy atom. The Bertz CT molecular complexity index is 1110. The fourth-order valence-electron chi connectivity index (χ4n) is 2.87. The second-order valence-corrected chi connectivity index (χ2v) is 7.18. The van der Waals surface area contributed by atoms with Crippen LogP contribution in [0.5, 0.6) is 5.75 Å². The monoisotopic (exact) mass is 411 g/mol. The number of para-hydroxylation sites is 2. The van der Waals surface area contributed by atoms with Gasteiger partial charge in [-0.1, -0.05) is 43.0 Å². The maximum Gasteiger partial charge on any atom is 0.262 e. The van der Waals surface area contributed by atoms with Gasteiger partial charge in [0.1, 0.15) is 5.75 Å². The van der Waals surface area contributed by atoms with Crippen molar-refractivity contribution in [1.82, 2.24) is 14.9 Å². The number of nitrogens with one attached hydrogen (secondary N) is 1. The number of aromatic nitrogens is 2. The van der Waals surface area contributed by atoms with E-state index in [0.29, 0.717) is 28.4 Å². The zero-order valence-electron chi connectivity index (χ0n) is 16.2. The van der Waals surface area contributed by atoms with Gasteiger partial charge in [-0.3, -0.25) is 24.3 Å². The fourth-order valence-corrected chi connectivity index (χ4v) is 3.70. The number of nitrogens with zero attached hydrogens (tertiary/aromatic N) is 2. The van der Waals surface area contributed by atoms with Crippen molar-refractivity contribution in [2.24, 2.45) is 0 Å². The van der Waals surface area contributed by atoms with Crippen LogP contribution < -0.4 is 15.6 Å². The van der Waals surface area contributed by atoms with Gasteiger partial charge in [0.2, 0.25) is 5.91 Å². The predicted octanol–water partition coefficient (Wildman–Crippen LogP) is 2.86. The Kier molecular flexibility index (Phi) is 6.66. The lowest BCUT2D eigenvalue weighted by Gasteiger charge is -2.12. The summed E-state index contributed by atoms with van der Waals surface area (Å²) in [7, 11) is 1.46. The lowest BCUT2D eigenvalue weighted by Crippen LogP contribution is -2.32. The molecule has 2 amide bonds. The van der Waals surface area contributed by atoms with Gasteiger partial charge in [-0.05, 0) is 30.7 Å². The predicted molar refractivity (Wildman–Crippen MR) is 112 cm³/mol. The van der Waals surface area contributed by atoms with Crippen molar-refractivity contribution >= 4 is 34.5 Å². The van der Waals surface area contributed by atoms with Gasteiger partial charge in [-0.15, -0.1) is 0 Å². The van der Waals surface area contributed by atoms with Crippen LogP contribution in [0.1, 0.15) is 23.7 Å². The summed E-state index contributed by atoms with van der Waals surface area (Å²) in [6.07, 6.45) is 0.756. The molecule has 1 heterocycles. The van der Waals surface area contributed by atoms with E-state index in [1.54, 1.807) is 47.0 Å². The third-order valence-electron chi connectivity index (χ3n) is 4.21. The van der Waals surface area contributed by atoms with Crippen LogP contribution in [0, 0.1) is 0 Å². The molecule has 0 saturated carbocycles. The van der Waals surface area contributed by atoms with Gasteiger partial charge in [0.15, 0.2) is 5.16 Å². The first-order chi connectivity index (χ1) is 14.0. The molecule has 1 aromatic heterocycles. The molecule has 0 atom stereocenters. The lowest BCUT2D eigenvalue weighted by molar-refractivity contribution is -0.117. The number of rotatable bonds is 7. The largest absolute Gasteiger partial charge is 0.496 e. The second-order valence-electron chi connectivity index (χ2n) is 6.23. The second kappa shape index (κ2) is 9.38. The number of methoxy groups -OCH3 is 1. The van der Waals surface area contributed by atoms with E-state index in [-0.39, 0.29) is 16.9 Å². The molecule has 0 spiro atoms. The summed E-state index contributed by atoms with van der Waals surface area (Å²) in [5, 5.41) is 3.35. The number of imide groups is 1. The molecule has 0 radical (unpaired) electrons. The van der Waals surface area contributed by atoms with E-state index in [1.807, 2.05) is 13.0 Å². The Morgan fingerprint density at radius 2 is 1.86 bits per heavy atom. The summed E-state index contributed by atoms with van der Waals surface area (Å²) in [5.74, 6) is -0.671. The van der Waals surface area contributed by atoms with E-state index in [4.69, 9.17) is 4.74 Å². The van der Waals surface area contributed by atoms with Crippen LogP contribution in [0.25, 0.3) is 10.9 Å². The fraction of sp³-hybridized carbons (Fsp3) is 0.238. The number of fused-ring (bicyclic) bond motifs is 1. The van der Waals surface area contributed by atoms with Crippen LogP contribution in [-0.2, 0) is 11.3 Å². The molecule has 2 aromatic carbocycles. The number of ether oxygens (including phenoxy) is 1. The molecule has 1 N–H and O–H groups in total. The van der Waals surface area contributed by atoms with Crippen LogP contribution >= 0.6 is 11.8 Å². The van der Waals surface area contributed by atoms with Gasteiger partial charge in [0.05, 0.1) is 29.3 Å². The van der Waals surface area contributed by atoms with E-state index < -0.39 is 11.8 Å². The molecule has 0 aliphatic rings. The summed E-state index contributed by atoms with van der Waals surface area (Å²) in [6, 6.07) is 13.8. The molecule has 3 rings (SSSR count). The van der Waals surface area contributed by atoms with Crippen LogP contribution in [0.15, 0.2) is 58.5 Å². The number of hydrogen-bond acceptors (Lipinski definition) is 6. The minimum atomic E-state index is -0.537. The average molecular weight is 411 g/mol. The van der Waals surface area contributed by atoms with E-state index in [9.17, 15) is 14.4 Å². The minimum Gasteiger partial charge on any atom is -0.496 e. The third kappa shape index (κ3) is 4.65. The van der Waals surface area contributed by atoms with Crippen molar-refractivity contribution < 1.29 is 14.3 Å². The van der Waals surface area contributed by atoms with E-state index in [2.05, 4.69) is 10.3 Å². The molecule has 0 bridgehead atoms. The maximum absolute atomic E-state index is 12.8. The van der Waals surface area contributed by atoms with Gasteiger partial charge in [-0.2, -0.15) is 0 Å². The number of amides is 2. The molecule has 0 aliphatic heterocycles. The van der Waals surface area contributed by atoms with Gasteiger partial charge >= 0.3 is 0 Å². The standard InChI is InChI=1S/C21H21N3O4S/c1-3-12-24-20(27)14-8-4-6-10-16(14)22-21(24)29-13-18(25)23-19(26)15-9-5-7-11-17(15)28-2/h4-11H,3,12-13H2,1-2H3,(H,23,25,26). The minimum absolute atomic E-state index is 0.0462. The smallest absolute Gasteiger partial charge is 0.262 e. The van der Waals surface area contributed by atoms with Gasteiger partial charge < -0.3 is 4.74 Å². The summed E-state index contributed by atoms with van der Waals surface area (Å²) < 4.78 is 6.72. The van der Waals surface area contributed by atoms with Gasteiger partial charge in [0, 0.05) is 6.54 Å². The molecule has 8 heteroatoms. The van der Waals surface area contributed by atoms with E-state index in [0.717, 1.165) is 18.2 Å². The van der Waals surface area contributed by atoms with Crippen molar-refractivity contribution in [3.05, 3.63) is 64.4 Å². The molecule has 7 nitrogen and oxygen atoms in total. The quantitative estimate of drug-likeness (QED) is 0.475. The van der Waals surface area contributed by atoms with Crippen LogP contribution in [0.4, 0.5) is 0 Å². The number of thioether (sulfide) groups is 1. The summed E-state index contributed by atoms with van der Waals surface area (Å²) in [4.78, 5) is 42.0. The van der Waals surface area contributed by atoms with Crippen LogP contribution in [0.3, 0.4) is 0 Å². The highest BCUT2D eigenvalue weighted by Crippen LogP contribution is 2.19. The Balaban J connectivity index is 1.76. The number of benzene rings is 2. The van der Waals surface area contributed by atoms with Crippen molar-refractivity contribution in [3.63, 3.8) is 0 Å². The maximum atomic E-state index is 12.8. The SMILES string of the molecule is CCCn1c(SCC(=O)NC(=O)c2ccccc2OC)nc2ccccc2c1=O. The molecule has 0 unspecified atom stereocenters. The van der Waals surface area contributed by atoms with Crippen molar-refractivity contribution in [2.75, 3.05) is 12.9 Å². The highest BCUT2D eigenvalue weighted by molar-refractivity contribution is 7.99. The molecule has 0 saturated heterocycles. The molecule has 3 aromatic rings. The molecule has 0 aliphatic carbocycles. The third-order valence-corrected chi connectivity index (χ3v) is 5.19. The summed E-state index contributed by atoms with van der Waals surface area (Å²) in [5.41, 5.74) is 0.725. The molecule has 0 fully saturated rings. The average Bonchev–Trinajstić information content (AvgIpc) is 2.74. The number of carbonyl (C=O) groups is 2. The Labute approximate surface area is 172 Å². The molecule has 29 heavy (non-hydrogen) atoms. The first-order valence-electron chi connectivity index (χ1n) is 9.14. The van der Waals surface area contributed by atoms with Gasteiger partial charge in [-0.25, -0.2) is 4.98 Å². The highest BCUT2D eigenvalue weighted by atomic mass is 32.2. The van der Waals surface area contributed by atoms with Crippen LogP contribution in [0.2, 0.25) is 0 Å². The van der Waals surface area contributed by atoms with Crippen molar-refractivity contribution in [2.45, 2.75) is 25.0 Å². The normalized spacial score (nSPS) is 10.7. The number of carbonyl (C=O) groups excluding carboxylic acids is 2. The highest BCUT2D eigenvalue weighted by Gasteiger charge is 2.17. The Hall–Kier alpha value is -3.13. The zero-order valence-corrected chi connectivity index (χ0v) is 17.0. The first kappa shape index (κ1) is 20.6.